The van der Waals surface area contributed by atoms with Gasteiger partial charge in [-0.25, -0.2) is 13.4 Å². The van der Waals surface area contributed by atoms with Crippen LogP contribution in [-0.4, -0.2) is 19.7 Å². The topological polar surface area (TPSA) is 47.0 Å². The third-order valence-electron chi connectivity index (χ3n) is 3.64. The summed E-state index contributed by atoms with van der Waals surface area (Å²) in [5.74, 6) is 0. The summed E-state index contributed by atoms with van der Waals surface area (Å²) in [7, 11) is -3.17. The maximum atomic E-state index is 11.6. The Morgan fingerprint density at radius 1 is 1.00 bits per heavy atom. The maximum Gasteiger partial charge on any atom is 0.175 e. The lowest BCUT2D eigenvalue weighted by molar-refractivity contribution is 0.602. The van der Waals surface area contributed by atoms with Gasteiger partial charge in [-0.3, -0.25) is 0 Å². The molecule has 2 aromatic carbocycles. The van der Waals surface area contributed by atoms with Crippen LogP contribution in [0.15, 0.2) is 59.6 Å². The van der Waals surface area contributed by atoms with Crippen LogP contribution in [-0.2, 0) is 16.3 Å². The lowest BCUT2D eigenvalue weighted by atomic mass is 9.99. The second-order valence-corrected chi connectivity index (χ2v) is 8.44. The second kappa shape index (κ2) is 6.26. The lowest BCUT2D eigenvalue weighted by Gasteiger charge is -2.08. The van der Waals surface area contributed by atoms with E-state index in [-0.39, 0.29) is 0 Å². The molecule has 0 atom stereocenters. The quantitative estimate of drug-likeness (QED) is 0.703. The van der Waals surface area contributed by atoms with Gasteiger partial charge in [0, 0.05) is 18.0 Å². The monoisotopic (exact) mass is 343 g/mol. The Bertz CT molecular complexity index is 926. The molecule has 0 bridgehead atoms. The summed E-state index contributed by atoms with van der Waals surface area (Å²) in [5.41, 5.74) is 3.20. The molecule has 0 aliphatic rings. The number of nitrogens with zero attached hydrogens (tertiary/aromatic N) is 1. The first kappa shape index (κ1) is 15.9. The van der Waals surface area contributed by atoms with Crippen molar-refractivity contribution in [3.05, 3.63) is 59.7 Å². The molecule has 0 unspecified atom stereocenters. The van der Waals surface area contributed by atoms with Crippen molar-refractivity contribution in [2.45, 2.75) is 18.2 Å². The van der Waals surface area contributed by atoms with Crippen molar-refractivity contribution in [1.29, 1.82) is 0 Å². The zero-order valence-electron chi connectivity index (χ0n) is 13.0. The van der Waals surface area contributed by atoms with Gasteiger partial charge in [-0.15, -0.1) is 11.3 Å². The van der Waals surface area contributed by atoms with Crippen LogP contribution >= 0.6 is 11.3 Å². The van der Waals surface area contributed by atoms with Crippen molar-refractivity contribution in [2.75, 3.05) is 6.26 Å². The summed E-state index contributed by atoms with van der Waals surface area (Å²) in [6, 6.07) is 15.2. The van der Waals surface area contributed by atoms with Gasteiger partial charge in [0.25, 0.3) is 0 Å². The standard InChI is InChI=1S/C18H17NO2S2/c1-3-18-19-12-17(22-18)16-7-5-4-6-15(16)13-8-10-14(11-9-13)23(2,20)21/h4-12H,3H2,1-2H3. The first-order valence-electron chi connectivity index (χ1n) is 7.33. The third-order valence-corrected chi connectivity index (χ3v) is 5.95. The molecule has 0 saturated carbocycles. The molecule has 0 fully saturated rings. The van der Waals surface area contributed by atoms with E-state index in [1.165, 1.54) is 6.26 Å². The van der Waals surface area contributed by atoms with Crippen molar-refractivity contribution < 1.29 is 8.42 Å². The van der Waals surface area contributed by atoms with E-state index in [0.717, 1.165) is 33.0 Å². The molecule has 0 aliphatic heterocycles. The number of hydrogen-bond donors (Lipinski definition) is 0. The van der Waals surface area contributed by atoms with Crippen molar-refractivity contribution in [1.82, 2.24) is 4.98 Å². The normalized spacial score (nSPS) is 11.6. The SMILES string of the molecule is CCc1ncc(-c2ccccc2-c2ccc(S(C)(=O)=O)cc2)s1. The number of benzene rings is 2. The molecular formula is C18H17NO2S2. The highest BCUT2D eigenvalue weighted by Crippen LogP contribution is 2.35. The van der Waals surface area contributed by atoms with Gasteiger partial charge in [-0.05, 0) is 29.7 Å². The van der Waals surface area contributed by atoms with Crippen molar-refractivity contribution in [3.63, 3.8) is 0 Å². The molecule has 118 valence electrons. The van der Waals surface area contributed by atoms with E-state index < -0.39 is 9.84 Å². The Morgan fingerprint density at radius 2 is 1.65 bits per heavy atom. The molecule has 1 heterocycles. The zero-order valence-corrected chi connectivity index (χ0v) is 14.6. The Balaban J connectivity index is 2.07. The third kappa shape index (κ3) is 3.35. The Kier molecular flexibility index (Phi) is 4.33. The molecule has 0 radical (unpaired) electrons. The van der Waals surface area contributed by atoms with Gasteiger partial charge in [0.1, 0.15) is 0 Å². The average molecular weight is 343 g/mol. The van der Waals surface area contributed by atoms with Gasteiger partial charge >= 0.3 is 0 Å². The van der Waals surface area contributed by atoms with E-state index in [0.29, 0.717) is 4.90 Å². The molecule has 0 aliphatic carbocycles. The number of hydrogen-bond acceptors (Lipinski definition) is 4. The molecule has 1 aromatic heterocycles. The molecule has 5 heteroatoms. The van der Waals surface area contributed by atoms with Crippen molar-refractivity contribution in [2.24, 2.45) is 0 Å². The van der Waals surface area contributed by atoms with Gasteiger partial charge in [0.2, 0.25) is 0 Å². The Morgan fingerprint density at radius 3 is 2.22 bits per heavy atom. The zero-order chi connectivity index (χ0) is 16.4. The number of thiazole rings is 1. The predicted molar refractivity (Wildman–Crippen MR) is 95.5 cm³/mol. The summed E-state index contributed by atoms with van der Waals surface area (Å²) < 4.78 is 23.2. The maximum absolute atomic E-state index is 11.6. The van der Waals surface area contributed by atoms with E-state index in [2.05, 4.69) is 24.0 Å². The van der Waals surface area contributed by atoms with Gasteiger partial charge in [-0.2, -0.15) is 0 Å². The fourth-order valence-corrected chi connectivity index (χ4v) is 3.96. The molecule has 0 N–H and O–H groups in total. The number of sulfone groups is 1. The Hall–Kier alpha value is -1.98. The van der Waals surface area contributed by atoms with Gasteiger partial charge < -0.3 is 0 Å². The summed E-state index contributed by atoms with van der Waals surface area (Å²) in [6.45, 7) is 2.10. The smallest absolute Gasteiger partial charge is 0.175 e. The van der Waals surface area contributed by atoms with E-state index in [9.17, 15) is 8.42 Å². The van der Waals surface area contributed by atoms with Gasteiger partial charge in [0.05, 0.1) is 14.8 Å². The van der Waals surface area contributed by atoms with E-state index in [1.54, 1.807) is 23.5 Å². The molecule has 3 rings (SSSR count). The van der Waals surface area contributed by atoms with E-state index in [1.807, 2.05) is 30.5 Å². The van der Waals surface area contributed by atoms with Crippen LogP contribution in [0.25, 0.3) is 21.6 Å². The van der Waals surface area contributed by atoms with Gasteiger partial charge in [-0.1, -0.05) is 43.3 Å². The number of rotatable bonds is 4. The van der Waals surface area contributed by atoms with Gasteiger partial charge in [0.15, 0.2) is 9.84 Å². The predicted octanol–water partition coefficient (Wildman–Crippen LogP) is 4.44. The minimum Gasteiger partial charge on any atom is -0.249 e. The van der Waals surface area contributed by atoms with Crippen molar-refractivity contribution in [3.8, 4) is 21.6 Å². The molecular weight excluding hydrogens is 326 g/mol. The summed E-state index contributed by atoms with van der Waals surface area (Å²) >= 11 is 1.70. The number of aryl methyl sites for hydroxylation is 1. The van der Waals surface area contributed by atoms with Crippen LogP contribution in [0.5, 0.6) is 0 Å². The molecule has 0 saturated heterocycles. The summed E-state index contributed by atoms with van der Waals surface area (Å²) in [6.07, 6.45) is 4.06. The average Bonchev–Trinajstić information content (AvgIpc) is 3.03. The van der Waals surface area contributed by atoms with E-state index in [4.69, 9.17) is 0 Å². The molecule has 0 amide bonds. The first-order chi connectivity index (χ1) is 11.0. The minimum atomic E-state index is -3.17. The molecule has 0 spiro atoms. The minimum absolute atomic E-state index is 0.338. The fourth-order valence-electron chi connectivity index (χ4n) is 2.43. The van der Waals surface area contributed by atoms with Crippen LogP contribution in [0.3, 0.4) is 0 Å². The first-order valence-corrected chi connectivity index (χ1v) is 10.0. The number of aromatic nitrogens is 1. The van der Waals surface area contributed by atoms with Crippen LogP contribution in [0.1, 0.15) is 11.9 Å². The summed E-state index contributed by atoms with van der Waals surface area (Å²) in [5, 5.41) is 1.11. The largest absolute Gasteiger partial charge is 0.249 e. The lowest BCUT2D eigenvalue weighted by Crippen LogP contribution is -1.96. The highest BCUT2D eigenvalue weighted by Gasteiger charge is 2.11. The highest BCUT2D eigenvalue weighted by atomic mass is 32.2. The molecule has 3 nitrogen and oxygen atoms in total. The van der Waals surface area contributed by atoms with Crippen LogP contribution in [0.4, 0.5) is 0 Å². The van der Waals surface area contributed by atoms with E-state index >= 15 is 0 Å². The summed E-state index contributed by atoms with van der Waals surface area (Å²) in [4.78, 5) is 5.90. The highest BCUT2D eigenvalue weighted by molar-refractivity contribution is 7.90. The Labute approximate surface area is 140 Å². The fraction of sp³-hybridized carbons (Fsp3) is 0.167. The molecule has 23 heavy (non-hydrogen) atoms. The van der Waals surface area contributed by atoms with Crippen LogP contribution in [0.2, 0.25) is 0 Å². The molecule has 3 aromatic rings. The van der Waals surface area contributed by atoms with Crippen molar-refractivity contribution >= 4 is 21.2 Å². The second-order valence-electron chi connectivity index (χ2n) is 5.31. The van der Waals surface area contributed by atoms with Crippen LogP contribution < -0.4 is 0 Å². The van der Waals surface area contributed by atoms with Crippen LogP contribution in [0, 0.1) is 0 Å².